The van der Waals surface area contributed by atoms with E-state index in [1.165, 1.54) is 0 Å². The van der Waals surface area contributed by atoms with E-state index in [1.807, 2.05) is 38.1 Å². The topological polar surface area (TPSA) is 61.4 Å². The number of ether oxygens (including phenoxy) is 1. The van der Waals surface area contributed by atoms with Crippen LogP contribution in [0.1, 0.15) is 52.5 Å². The monoisotopic (exact) mass is 429 g/mol. The summed E-state index contributed by atoms with van der Waals surface area (Å²) in [5.41, 5.74) is 0.313. The second-order valence-electron chi connectivity index (χ2n) is 6.51. The van der Waals surface area contributed by atoms with Crippen LogP contribution in [0.5, 0.6) is 0 Å². The summed E-state index contributed by atoms with van der Waals surface area (Å²) in [6.07, 6.45) is 1.81. The highest BCUT2D eigenvalue weighted by Gasteiger charge is 2.46. The number of nitrogens with one attached hydrogen (secondary N) is 1. The van der Waals surface area contributed by atoms with E-state index < -0.39 is 22.9 Å². The fraction of sp³-hybridized carbons (Fsp3) is 0.526. The molecule has 1 rings (SSSR count). The van der Waals surface area contributed by atoms with Gasteiger partial charge in [-0.15, -0.1) is 11.3 Å². The van der Waals surface area contributed by atoms with Gasteiger partial charge in [0.15, 0.2) is 5.54 Å². The van der Waals surface area contributed by atoms with E-state index in [-0.39, 0.29) is 6.10 Å². The summed E-state index contributed by atoms with van der Waals surface area (Å²) in [5, 5.41) is 0. The van der Waals surface area contributed by atoms with E-state index in [0.29, 0.717) is 17.7 Å². The lowest BCUT2D eigenvalue weighted by atomic mass is 9.85. The number of halogens is 1. The highest BCUT2D eigenvalue weighted by atomic mass is 79.9. The number of unbranched alkanes of at least 4 members (excludes halogenated alkanes) is 1. The largest absolute Gasteiger partial charge is 0.598 e. The van der Waals surface area contributed by atoms with Crippen molar-refractivity contribution in [3.8, 4) is 0 Å². The quantitative estimate of drug-likeness (QED) is 0.334. The van der Waals surface area contributed by atoms with E-state index in [9.17, 15) is 9.35 Å². The maximum absolute atomic E-state index is 13.0. The number of hydrogen-bond acceptors (Lipinski definition) is 4. The minimum Gasteiger partial charge on any atom is -0.598 e. The van der Waals surface area contributed by atoms with Crippen molar-refractivity contribution < 1.29 is 14.1 Å². The molecule has 0 aromatic heterocycles. The van der Waals surface area contributed by atoms with Crippen LogP contribution in [-0.2, 0) is 26.4 Å². The van der Waals surface area contributed by atoms with Crippen LogP contribution in [0.15, 0.2) is 40.9 Å². The third-order valence-electron chi connectivity index (χ3n) is 3.57. The number of carbonyl (C=O) groups excluding carboxylic acids is 1. The molecule has 0 saturated carbocycles. The first-order valence-corrected chi connectivity index (χ1v) is 10.6. The Morgan fingerprint density at radius 1 is 1.40 bits per heavy atom. The van der Waals surface area contributed by atoms with Gasteiger partial charge in [-0.05, 0) is 44.9 Å². The predicted molar refractivity (Wildman–Crippen MR) is 108 cm³/mol. The van der Waals surface area contributed by atoms with E-state index in [4.69, 9.17) is 4.74 Å². The molecule has 1 aromatic rings. The Morgan fingerprint density at radius 2 is 2.00 bits per heavy atom. The third-order valence-corrected chi connectivity index (χ3v) is 5.33. The first-order valence-electron chi connectivity index (χ1n) is 8.49. The Morgan fingerprint density at radius 3 is 2.48 bits per heavy atom. The van der Waals surface area contributed by atoms with Crippen molar-refractivity contribution in [3.63, 3.8) is 0 Å². The summed E-state index contributed by atoms with van der Waals surface area (Å²) in [6.45, 7) is 11.5. The van der Waals surface area contributed by atoms with Crippen molar-refractivity contribution in [1.29, 1.82) is 0 Å². The highest BCUT2D eigenvalue weighted by molar-refractivity contribution is 9.10. The number of hydrogen-bond donors (Lipinski definition) is 1. The van der Waals surface area contributed by atoms with Crippen molar-refractivity contribution in [2.45, 2.75) is 58.6 Å². The molecule has 0 aliphatic rings. The van der Waals surface area contributed by atoms with Gasteiger partial charge >= 0.3 is 5.97 Å². The summed E-state index contributed by atoms with van der Waals surface area (Å²) < 4.78 is 22.1. The SMILES string of the molecule is C=C(C)CC(N[S@@+]([O-])CCCC)(C(=O)OC(C)C)c1ccc(Br)cc1. The van der Waals surface area contributed by atoms with E-state index in [2.05, 4.69) is 27.2 Å². The number of benzene rings is 1. The predicted octanol–water partition coefficient (Wildman–Crippen LogP) is 4.62. The van der Waals surface area contributed by atoms with Gasteiger partial charge in [-0.1, -0.05) is 47.0 Å². The van der Waals surface area contributed by atoms with Crippen LogP contribution in [0.4, 0.5) is 0 Å². The second-order valence-corrected chi connectivity index (χ2v) is 8.72. The molecule has 0 fully saturated rings. The third kappa shape index (κ3) is 6.77. The van der Waals surface area contributed by atoms with Gasteiger partial charge in [0.05, 0.1) is 6.10 Å². The van der Waals surface area contributed by atoms with Gasteiger partial charge in [0, 0.05) is 22.3 Å². The average molecular weight is 430 g/mol. The Bertz CT molecular complexity index is 577. The van der Waals surface area contributed by atoms with Crippen molar-refractivity contribution in [2.75, 3.05) is 5.75 Å². The lowest BCUT2D eigenvalue weighted by molar-refractivity contribution is -0.155. The molecule has 1 unspecified atom stereocenters. The maximum atomic E-state index is 13.0. The van der Waals surface area contributed by atoms with Crippen molar-refractivity contribution in [1.82, 2.24) is 4.72 Å². The molecule has 1 N–H and O–H groups in total. The molecular weight excluding hydrogens is 402 g/mol. The highest BCUT2D eigenvalue weighted by Crippen LogP contribution is 2.32. The van der Waals surface area contributed by atoms with Gasteiger partial charge in [0.2, 0.25) is 0 Å². The van der Waals surface area contributed by atoms with Crippen LogP contribution in [0, 0.1) is 0 Å². The van der Waals surface area contributed by atoms with Gasteiger partial charge in [-0.3, -0.25) is 0 Å². The van der Waals surface area contributed by atoms with Crippen LogP contribution in [-0.4, -0.2) is 22.4 Å². The molecule has 4 nitrogen and oxygen atoms in total. The fourth-order valence-electron chi connectivity index (χ4n) is 2.45. The molecule has 0 saturated heterocycles. The Hall–Kier alpha value is -0.820. The molecule has 25 heavy (non-hydrogen) atoms. The van der Waals surface area contributed by atoms with Crippen LogP contribution in [0.25, 0.3) is 0 Å². The molecule has 0 aliphatic heterocycles. The molecule has 0 radical (unpaired) electrons. The summed E-state index contributed by atoms with van der Waals surface area (Å²) in [4.78, 5) is 13.0. The first-order chi connectivity index (χ1) is 11.7. The lowest BCUT2D eigenvalue weighted by Crippen LogP contribution is -2.53. The van der Waals surface area contributed by atoms with Gasteiger partial charge < -0.3 is 9.29 Å². The summed E-state index contributed by atoms with van der Waals surface area (Å²) in [6, 6.07) is 7.42. The minimum atomic E-state index is -1.35. The molecule has 6 heteroatoms. The molecule has 0 aliphatic carbocycles. The molecule has 0 amide bonds. The number of esters is 1. The molecule has 0 heterocycles. The summed E-state index contributed by atoms with van der Waals surface area (Å²) >= 11 is 2.06. The molecule has 1 aromatic carbocycles. The fourth-order valence-corrected chi connectivity index (χ4v) is 4.03. The Balaban J connectivity index is 3.33. The van der Waals surface area contributed by atoms with Crippen molar-refractivity contribution in [2.24, 2.45) is 0 Å². The lowest BCUT2D eigenvalue weighted by Gasteiger charge is -2.33. The summed E-state index contributed by atoms with van der Waals surface area (Å²) in [5.74, 6) is 0.0533. The zero-order chi connectivity index (χ0) is 19.0. The second kappa shape index (κ2) is 10.4. The van der Waals surface area contributed by atoms with Crippen LogP contribution < -0.4 is 4.72 Å². The van der Waals surface area contributed by atoms with E-state index in [0.717, 1.165) is 22.9 Å². The van der Waals surface area contributed by atoms with Crippen LogP contribution in [0.2, 0.25) is 0 Å². The van der Waals surface area contributed by atoms with Crippen molar-refractivity contribution in [3.05, 3.63) is 46.5 Å². The number of carbonyl (C=O) groups is 1. The van der Waals surface area contributed by atoms with E-state index >= 15 is 0 Å². The summed E-state index contributed by atoms with van der Waals surface area (Å²) in [7, 11) is 0. The Kier molecular flexibility index (Phi) is 9.21. The average Bonchev–Trinajstić information content (AvgIpc) is 2.51. The van der Waals surface area contributed by atoms with Gasteiger partial charge in [-0.25, -0.2) is 4.79 Å². The zero-order valence-corrected chi connectivity index (χ0v) is 17.8. The van der Waals surface area contributed by atoms with Gasteiger partial charge in [0.1, 0.15) is 5.75 Å². The minimum absolute atomic E-state index is 0.265. The standard InChI is InChI=1S/C19H28BrNO3S/c1-6-7-12-25(23)21-19(13-14(2)3,18(22)24-15(4)5)16-8-10-17(20)11-9-16/h8-11,15,21H,2,6-7,12-13H2,1,3-5H3/t19?,25-/m0/s1. The molecular formula is C19H28BrNO3S. The molecule has 2 atom stereocenters. The number of rotatable bonds is 10. The van der Waals surface area contributed by atoms with Gasteiger partial charge in [0.25, 0.3) is 0 Å². The molecule has 0 bridgehead atoms. The first kappa shape index (κ1) is 22.2. The van der Waals surface area contributed by atoms with E-state index in [1.54, 1.807) is 13.8 Å². The maximum Gasteiger partial charge on any atom is 0.336 e. The smallest absolute Gasteiger partial charge is 0.336 e. The zero-order valence-electron chi connectivity index (χ0n) is 15.4. The molecule has 0 spiro atoms. The molecule has 140 valence electrons. The Labute approximate surface area is 162 Å². The normalized spacial score (nSPS) is 14.8. The van der Waals surface area contributed by atoms with Crippen LogP contribution >= 0.6 is 15.9 Å². The van der Waals surface area contributed by atoms with Gasteiger partial charge in [-0.2, -0.15) is 0 Å². The van der Waals surface area contributed by atoms with Crippen LogP contribution in [0.3, 0.4) is 0 Å². The van der Waals surface area contributed by atoms with Crippen molar-refractivity contribution >= 4 is 33.3 Å².